The van der Waals surface area contributed by atoms with Crippen molar-refractivity contribution < 1.29 is 4.39 Å². The van der Waals surface area contributed by atoms with E-state index >= 15 is 0 Å². The summed E-state index contributed by atoms with van der Waals surface area (Å²) in [4.78, 5) is 0. The number of benzene rings is 1. The van der Waals surface area contributed by atoms with Crippen LogP contribution in [-0.4, -0.2) is 19.3 Å². The number of halogens is 1. The molecule has 1 aromatic rings. The van der Waals surface area contributed by atoms with Crippen molar-refractivity contribution in [2.24, 2.45) is 0 Å². The molecule has 0 aliphatic rings. The maximum atomic E-state index is 13.5. The van der Waals surface area contributed by atoms with Crippen molar-refractivity contribution in [3.8, 4) is 0 Å². The van der Waals surface area contributed by atoms with Gasteiger partial charge in [0.1, 0.15) is 5.82 Å². The molecule has 0 heterocycles. The molecule has 0 fully saturated rings. The topological polar surface area (TPSA) is 0 Å². The molecular weight excluding hydrogens is 206 g/mol. The average Bonchev–Trinajstić information content (AvgIpc) is 2.25. The van der Waals surface area contributed by atoms with Crippen LogP contribution in [0.1, 0.15) is 5.56 Å². The van der Waals surface area contributed by atoms with Crippen LogP contribution in [0.15, 0.2) is 30.9 Å². The number of aryl methyl sites for hydroxylation is 1. The minimum atomic E-state index is -0.129. The fraction of sp³-hybridized carbons (Fsp3) is 0.333. The highest BCUT2D eigenvalue weighted by Crippen LogP contribution is 2.06. The Morgan fingerprint density at radius 2 is 2.33 bits per heavy atom. The zero-order chi connectivity index (χ0) is 11.1. The van der Waals surface area contributed by atoms with E-state index in [1.165, 1.54) is 0 Å². The highest BCUT2D eigenvalue weighted by Gasteiger charge is 2.03. The zero-order valence-corrected chi connectivity index (χ0v) is 9.82. The quantitative estimate of drug-likeness (QED) is 0.525. The van der Waals surface area contributed by atoms with Gasteiger partial charge in [-0.05, 0) is 30.1 Å². The van der Waals surface area contributed by atoms with Crippen LogP contribution in [0.5, 0.6) is 0 Å². The molecule has 0 amide bonds. The Hall–Kier alpha value is -0.695. The molecule has 0 nitrogen and oxygen atoms in total. The lowest BCUT2D eigenvalue weighted by molar-refractivity contribution is 0.634. The van der Waals surface area contributed by atoms with Crippen molar-refractivity contribution in [2.75, 3.05) is 12.0 Å². The number of rotatable bonds is 6. The second-order valence-corrected chi connectivity index (χ2v) is 4.31. The Bertz CT molecular complexity index is 325. The van der Waals surface area contributed by atoms with E-state index in [9.17, 15) is 4.39 Å². The second-order valence-electron chi connectivity index (χ2n) is 3.33. The molecule has 79 valence electrons. The summed E-state index contributed by atoms with van der Waals surface area (Å²) in [6.07, 6.45) is 5.46. The minimum absolute atomic E-state index is 0.129. The molecule has 3 heteroatoms. The molecule has 0 aliphatic carbocycles. The van der Waals surface area contributed by atoms with E-state index in [1.54, 1.807) is 23.9 Å². The first-order chi connectivity index (χ1) is 7.27. The van der Waals surface area contributed by atoms with Crippen LogP contribution in [0.2, 0.25) is 6.32 Å². The second kappa shape index (κ2) is 6.73. The third-order valence-electron chi connectivity index (χ3n) is 2.16. The monoisotopic (exact) mass is 221 g/mol. The van der Waals surface area contributed by atoms with E-state index in [2.05, 4.69) is 12.8 Å². The molecule has 0 N–H and O–H groups in total. The fourth-order valence-electron chi connectivity index (χ4n) is 1.32. The molecule has 0 aliphatic heterocycles. The van der Waals surface area contributed by atoms with Gasteiger partial charge >= 0.3 is 0 Å². The first-order valence-electron chi connectivity index (χ1n) is 4.99. The van der Waals surface area contributed by atoms with Crippen molar-refractivity contribution in [3.05, 3.63) is 42.2 Å². The van der Waals surface area contributed by atoms with E-state index in [1.807, 2.05) is 19.4 Å². The summed E-state index contributed by atoms with van der Waals surface area (Å²) in [5.41, 5.74) is 1.74. The summed E-state index contributed by atoms with van der Waals surface area (Å²) in [5, 5.41) is 0. The average molecular weight is 221 g/mol. The van der Waals surface area contributed by atoms with Crippen molar-refractivity contribution in [1.82, 2.24) is 0 Å². The molecule has 1 aromatic carbocycles. The lowest BCUT2D eigenvalue weighted by atomic mass is 9.67. The largest absolute Gasteiger partial charge is 0.208 e. The Labute approximate surface area is 96.2 Å². The summed E-state index contributed by atoms with van der Waals surface area (Å²) in [6.45, 7) is 3.61. The van der Waals surface area contributed by atoms with Crippen molar-refractivity contribution in [3.63, 3.8) is 0 Å². The van der Waals surface area contributed by atoms with Gasteiger partial charge in [-0.1, -0.05) is 30.0 Å². The van der Waals surface area contributed by atoms with Gasteiger partial charge in [0.2, 0.25) is 0 Å². The number of allylic oxidation sites excluding steroid dienone is 1. The van der Waals surface area contributed by atoms with Crippen LogP contribution in [0, 0.1) is 5.82 Å². The van der Waals surface area contributed by atoms with Gasteiger partial charge in [0.25, 0.3) is 0 Å². The summed E-state index contributed by atoms with van der Waals surface area (Å²) in [7, 11) is 1.85. The SMILES string of the molecule is C=CC[B]c1ccc(CCSC)cc1F. The van der Waals surface area contributed by atoms with Gasteiger partial charge in [-0.15, -0.1) is 6.58 Å². The van der Waals surface area contributed by atoms with Crippen molar-refractivity contribution in [2.45, 2.75) is 12.7 Å². The summed E-state index contributed by atoms with van der Waals surface area (Å²) < 4.78 is 13.5. The van der Waals surface area contributed by atoms with Crippen molar-refractivity contribution >= 4 is 24.5 Å². The van der Waals surface area contributed by atoms with E-state index in [-0.39, 0.29) is 5.82 Å². The van der Waals surface area contributed by atoms with E-state index in [0.717, 1.165) is 17.7 Å². The lowest BCUT2D eigenvalue weighted by Gasteiger charge is -2.04. The Kier molecular flexibility index (Phi) is 5.55. The Morgan fingerprint density at radius 1 is 1.53 bits per heavy atom. The predicted octanol–water partition coefficient (Wildman–Crippen LogP) is 2.67. The lowest BCUT2D eigenvalue weighted by Crippen LogP contribution is -2.17. The Balaban J connectivity index is 2.65. The minimum Gasteiger partial charge on any atom is -0.208 e. The van der Waals surface area contributed by atoms with E-state index in [0.29, 0.717) is 11.8 Å². The molecule has 0 saturated heterocycles. The zero-order valence-electron chi connectivity index (χ0n) is 9.00. The third-order valence-corrected chi connectivity index (χ3v) is 2.78. The van der Waals surface area contributed by atoms with Crippen LogP contribution < -0.4 is 5.46 Å². The van der Waals surface area contributed by atoms with E-state index < -0.39 is 0 Å². The van der Waals surface area contributed by atoms with Gasteiger partial charge < -0.3 is 0 Å². The van der Waals surface area contributed by atoms with Crippen LogP contribution >= 0.6 is 11.8 Å². The van der Waals surface area contributed by atoms with Crippen LogP contribution in [0.4, 0.5) is 4.39 Å². The number of thioether (sulfide) groups is 1. The van der Waals surface area contributed by atoms with Gasteiger partial charge in [-0.2, -0.15) is 11.8 Å². The molecule has 0 spiro atoms. The molecular formula is C12H15BFS. The molecule has 0 aromatic heterocycles. The summed E-state index contributed by atoms with van der Waals surface area (Å²) >= 11 is 1.78. The standard InChI is InChI=1S/C12H15BFS/c1-3-7-13-11-5-4-10(6-8-15-2)9-12(11)14/h3-5,9H,1,6-8H2,2H3. The molecule has 0 bridgehead atoms. The highest BCUT2D eigenvalue weighted by atomic mass is 32.2. The third kappa shape index (κ3) is 4.12. The fourth-order valence-corrected chi connectivity index (χ4v) is 1.76. The molecule has 0 atom stereocenters. The number of hydrogen-bond acceptors (Lipinski definition) is 1. The molecule has 0 unspecified atom stereocenters. The normalized spacial score (nSPS) is 10.0. The smallest absolute Gasteiger partial charge is 0.159 e. The first-order valence-corrected chi connectivity index (χ1v) is 6.38. The predicted molar refractivity (Wildman–Crippen MR) is 68.9 cm³/mol. The van der Waals surface area contributed by atoms with Gasteiger partial charge in [0.15, 0.2) is 7.28 Å². The van der Waals surface area contributed by atoms with Crippen molar-refractivity contribution in [1.29, 1.82) is 0 Å². The molecule has 1 rings (SSSR count). The maximum absolute atomic E-state index is 13.5. The summed E-state index contributed by atoms with van der Waals surface area (Å²) in [6, 6.07) is 5.47. The van der Waals surface area contributed by atoms with Gasteiger partial charge in [0.05, 0.1) is 0 Å². The van der Waals surface area contributed by atoms with Gasteiger partial charge in [-0.25, -0.2) is 4.39 Å². The molecule has 0 saturated carbocycles. The molecule has 15 heavy (non-hydrogen) atoms. The van der Waals surface area contributed by atoms with Gasteiger partial charge in [0, 0.05) is 0 Å². The van der Waals surface area contributed by atoms with Crippen LogP contribution in [0.25, 0.3) is 0 Å². The van der Waals surface area contributed by atoms with Gasteiger partial charge in [-0.3, -0.25) is 0 Å². The highest BCUT2D eigenvalue weighted by molar-refractivity contribution is 7.98. The Morgan fingerprint density at radius 3 is 2.93 bits per heavy atom. The van der Waals surface area contributed by atoms with Crippen LogP contribution in [-0.2, 0) is 6.42 Å². The first kappa shape index (κ1) is 12.4. The van der Waals surface area contributed by atoms with E-state index in [4.69, 9.17) is 0 Å². The number of hydrogen-bond donors (Lipinski definition) is 0. The maximum Gasteiger partial charge on any atom is 0.159 e. The summed E-state index contributed by atoms with van der Waals surface area (Å²) in [5.74, 6) is 0.908. The van der Waals surface area contributed by atoms with Crippen LogP contribution in [0.3, 0.4) is 0 Å². The molecule has 1 radical (unpaired) electrons.